The topological polar surface area (TPSA) is 77.8 Å². The Morgan fingerprint density at radius 3 is 2.38 bits per heavy atom. The zero-order valence-electron chi connectivity index (χ0n) is 9.14. The summed E-state index contributed by atoms with van der Waals surface area (Å²) in [6, 6.07) is 10.1. The van der Waals surface area contributed by atoms with Crippen molar-refractivity contribution in [1.29, 1.82) is 0 Å². The highest BCUT2D eigenvalue weighted by atomic mass is 15.1. The van der Waals surface area contributed by atoms with Crippen molar-refractivity contribution in [1.82, 2.24) is 10.2 Å². The summed E-state index contributed by atoms with van der Waals surface area (Å²) in [6.45, 7) is 2.06. The van der Waals surface area contributed by atoms with Crippen molar-refractivity contribution in [2.45, 2.75) is 13.3 Å². The van der Waals surface area contributed by atoms with Gasteiger partial charge in [-0.3, -0.25) is 0 Å². The van der Waals surface area contributed by atoms with Gasteiger partial charge < -0.3 is 11.5 Å². The molecule has 0 saturated carbocycles. The van der Waals surface area contributed by atoms with Gasteiger partial charge in [0.15, 0.2) is 5.82 Å². The Morgan fingerprint density at radius 1 is 1.06 bits per heavy atom. The maximum absolute atomic E-state index is 5.67. The van der Waals surface area contributed by atoms with E-state index in [1.807, 2.05) is 0 Å². The first kappa shape index (κ1) is 10.4. The highest BCUT2D eigenvalue weighted by Crippen LogP contribution is 2.13. The van der Waals surface area contributed by atoms with Crippen LogP contribution in [0.3, 0.4) is 0 Å². The average Bonchev–Trinajstić information content (AvgIpc) is 2.27. The molecule has 1 aromatic heterocycles. The molecule has 4 heteroatoms. The van der Waals surface area contributed by atoms with Gasteiger partial charge in [0, 0.05) is 6.42 Å². The van der Waals surface area contributed by atoms with Crippen LogP contribution in [0.25, 0.3) is 0 Å². The molecule has 2 aromatic rings. The minimum atomic E-state index is 0.285. The maximum Gasteiger partial charge on any atom is 0.169 e. The second-order valence-electron chi connectivity index (χ2n) is 3.84. The molecule has 0 bridgehead atoms. The van der Waals surface area contributed by atoms with Gasteiger partial charge in [-0.25, -0.2) is 0 Å². The molecule has 0 atom stereocenters. The highest BCUT2D eigenvalue weighted by Gasteiger charge is 2.02. The number of rotatable bonds is 2. The van der Waals surface area contributed by atoms with Crippen molar-refractivity contribution in [2.24, 2.45) is 0 Å². The molecule has 2 rings (SSSR count). The van der Waals surface area contributed by atoms with E-state index < -0.39 is 0 Å². The second kappa shape index (κ2) is 4.18. The van der Waals surface area contributed by atoms with Gasteiger partial charge in [0.05, 0.1) is 11.4 Å². The van der Waals surface area contributed by atoms with Crippen LogP contribution in [-0.4, -0.2) is 10.2 Å². The van der Waals surface area contributed by atoms with E-state index in [1.54, 1.807) is 6.07 Å². The van der Waals surface area contributed by atoms with Crippen molar-refractivity contribution in [3.63, 3.8) is 0 Å². The summed E-state index contributed by atoms with van der Waals surface area (Å²) in [7, 11) is 0. The summed E-state index contributed by atoms with van der Waals surface area (Å²) < 4.78 is 0. The number of nitrogens with two attached hydrogens (primary N) is 2. The molecule has 0 amide bonds. The fraction of sp³-hybridized carbons (Fsp3) is 0.167. The first-order chi connectivity index (χ1) is 7.65. The van der Waals surface area contributed by atoms with E-state index >= 15 is 0 Å². The molecule has 0 aliphatic rings. The zero-order valence-corrected chi connectivity index (χ0v) is 9.14. The van der Waals surface area contributed by atoms with Gasteiger partial charge in [0.25, 0.3) is 0 Å². The third-order valence-electron chi connectivity index (χ3n) is 2.41. The summed E-state index contributed by atoms with van der Waals surface area (Å²) in [6.07, 6.45) is 0.720. The minimum Gasteiger partial charge on any atom is -0.396 e. The van der Waals surface area contributed by atoms with Gasteiger partial charge in [-0.15, -0.1) is 5.10 Å². The molecule has 4 N–H and O–H groups in total. The lowest BCUT2D eigenvalue weighted by molar-refractivity contribution is 0.947. The van der Waals surface area contributed by atoms with Crippen LogP contribution >= 0.6 is 0 Å². The van der Waals surface area contributed by atoms with Crippen LogP contribution in [0.1, 0.15) is 16.8 Å². The highest BCUT2D eigenvalue weighted by molar-refractivity contribution is 5.57. The van der Waals surface area contributed by atoms with Crippen LogP contribution in [0.5, 0.6) is 0 Å². The van der Waals surface area contributed by atoms with E-state index in [4.69, 9.17) is 11.5 Å². The molecule has 0 radical (unpaired) electrons. The molecule has 1 aromatic carbocycles. The molecule has 0 aliphatic heterocycles. The fourth-order valence-corrected chi connectivity index (χ4v) is 1.46. The monoisotopic (exact) mass is 214 g/mol. The molecule has 0 fully saturated rings. The number of hydrogen-bond donors (Lipinski definition) is 2. The number of aryl methyl sites for hydroxylation is 1. The minimum absolute atomic E-state index is 0.285. The van der Waals surface area contributed by atoms with Crippen LogP contribution in [0.15, 0.2) is 30.3 Å². The van der Waals surface area contributed by atoms with E-state index in [-0.39, 0.29) is 5.82 Å². The molecular weight excluding hydrogens is 200 g/mol. The Labute approximate surface area is 94.3 Å². The number of aromatic nitrogens is 2. The Hall–Kier alpha value is -2.10. The van der Waals surface area contributed by atoms with E-state index in [1.165, 1.54) is 11.1 Å². The van der Waals surface area contributed by atoms with E-state index in [0.29, 0.717) is 5.69 Å². The van der Waals surface area contributed by atoms with Crippen molar-refractivity contribution >= 4 is 11.5 Å². The number of hydrogen-bond acceptors (Lipinski definition) is 4. The van der Waals surface area contributed by atoms with Crippen molar-refractivity contribution in [3.8, 4) is 0 Å². The van der Waals surface area contributed by atoms with E-state index in [0.717, 1.165) is 12.1 Å². The Bertz CT molecular complexity index is 491. The standard InChI is InChI=1S/C12H14N4/c1-8-2-4-9(5-3-8)6-10-7-11(13)12(14)16-15-10/h2-5,7H,6H2,1H3,(H2,13,15)(H2,14,16). The third-order valence-corrected chi connectivity index (χ3v) is 2.41. The first-order valence-electron chi connectivity index (χ1n) is 5.08. The maximum atomic E-state index is 5.67. The largest absolute Gasteiger partial charge is 0.396 e. The molecule has 4 nitrogen and oxygen atoms in total. The Balaban J connectivity index is 2.20. The van der Waals surface area contributed by atoms with Crippen LogP contribution in [0, 0.1) is 6.92 Å². The number of nitrogens with zero attached hydrogens (tertiary/aromatic N) is 2. The lowest BCUT2D eigenvalue weighted by Crippen LogP contribution is -2.03. The molecule has 0 aliphatic carbocycles. The molecule has 82 valence electrons. The van der Waals surface area contributed by atoms with Crippen LogP contribution in [0.2, 0.25) is 0 Å². The average molecular weight is 214 g/mol. The van der Waals surface area contributed by atoms with Crippen molar-refractivity contribution in [3.05, 3.63) is 47.2 Å². The van der Waals surface area contributed by atoms with E-state index in [9.17, 15) is 0 Å². The Morgan fingerprint density at radius 2 is 1.75 bits per heavy atom. The SMILES string of the molecule is Cc1ccc(Cc2cc(N)c(N)nn2)cc1. The lowest BCUT2D eigenvalue weighted by Gasteiger charge is -2.03. The molecule has 0 unspecified atom stereocenters. The Kier molecular flexibility index (Phi) is 2.72. The number of anilines is 2. The van der Waals surface area contributed by atoms with Crippen LogP contribution < -0.4 is 11.5 Å². The zero-order chi connectivity index (χ0) is 11.5. The smallest absolute Gasteiger partial charge is 0.169 e. The normalized spacial score (nSPS) is 10.3. The predicted octanol–water partition coefficient (Wildman–Crippen LogP) is 1.54. The third kappa shape index (κ3) is 2.28. The van der Waals surface area contributed by atoms with Crippen LogP contribution in [-0.2, 0) is 6.42 Å². The van der Waals surface area contributed by atoms with E-state index in [2.05, 4.69) is 41.4 Å². The number of benzene rings is 1. The van der Waals surface area contributed by atoms with Gasteiger partial charge >= 0.3 is 0 Å². The molecule has 16 heavy (non-hydrogen) atoms. The predicted molar refractivity (Wildman–Crippen MR) is 64.8 cm³/mol. The van der Waals surface area contributed by atoms with Gasteiger partial charge in [0.2, 0.25) is 0 Å². The quantitative estimate of drug-likeness (QED) is 0.794. The summed E-state index contributed by atoms with van der Waals surface area (Å²) >= 11 is 0. The summed E-state index contributed by atoms with van der Waals surface area (Å²) in [5.41, 5.74) is 14.9. The summed E-state index contributed by atoms with van der Waals surface area (Å²) in [4.78, 5) is 0. The second-order valence-corrected chi connectivity index (χ2v) is 3.84. The van der Waals surface area contributed by atoms with Crippen molar-refractivity contribution < 1.29 is 0 Å². The van der Waals surface area contributed by atoms with Gasteiger partial charge in [-0.2, -0.15) is 5.10 Å². The molecule has 1 heterocycles. The first-order valence-corrected chi connectivity index (χ1v) is 5.08. The van der Waals surface area contributed by atoms with Gasteiger partial charge in [0.1, 0.15) is 0 Å². The summed E-state index contributed by atoms with van der Waals surface area (Å²) in [5, 5.41) is 7.80. The fourth-order valence-electron chi connectivity index (χ4n) is 1.46. The molecule has 0 spiro atoms. The van der Waals surface area contributed by atoms with Crippen molar-refractivity contribution in [2.75, 3.05) is 11.5 Å². The number of nitrogen functional groups attached to an aromatic ring is 2. The summed E-state index contributed by atoms with van der Waals surface area (Å²) in [5.74, 6) is 0.285. The van der Waals surface area contributed by atoms with Gasteiger partial charge in [-0.05, 0) is 18.6 Å². The molecule has 0 saturated heterocycles. The van der Waals surface area contributed by atoms with Gasteiger partial charge in [-0.1, -0.05) is 29.8 Å². The van der Waals surface area contributed by atoms with Crippen LogP contribution in [0.4, 0.5) is 11.5 Å². The molecular formula is C12H14N4. The lowest BCUT2D eigenvalue weighted by atomic mass is 10.1.